The van der Waals surface area contributed by atoms with Gasteiger partial charge in [-0.25, -0.2) is 0 Å². The zero-order valence-electron chi connectivity index (χ0n) is 13.9. The van der Waals surface area contributed by atoms with Gasteiger partial charge in [-0.05, 0) is 30.7 Å². The lowest BCUT2D eigenvalue weighted by Gasteiger charge is -2.16. The molecule has 0 aromatic heterocycles. The van der Waals surface area contributed by atoms with Crippen molar-refractivity contribution in [2.75, 3.05) is 20.2 Å². The molecule has 0 aliphatic rings. The first-order valence-electron chi connectivity index (χ1n) is 7.92. The summed E-state index contributed by atoms with van der Waals surface area (Å²) in [4.78, 5) is 25.1. The third-order valence-corrected chi connectivity index (χ3v) is 3.45. The van der Waals surface area contributed by atoms with E-state index < -0.39 is 0 Å². The zero-order chi connectivity index (χ0) is 16.4. The third kappa shape index (κ3) is 7.81. The SMILES string of the molecule is CC(C)CCCOC(=O)CN(C)C(=O)CCc1ccccc1. The van der Waals surface area contributed by atoms with Gasteiger partial charge in [-0.1, -0.05) is 44.2 Å². The van der Waals surface area contributed by atoms with Gasteiger partial charge in [-0.15, -0.1) is 0 Å². The molecular weight excluding hydrogens is 278 g/mol. The predicted molar refractivity (Wildman–Crippen MR) is 87.4 cm³/mol. The van der Waals surface area contributed by atoms with E-state index in [1.54, 1.807) is 7.05 Å². The molecule has 0 aliphatic carbocycles. The predicted octanol–water partition coefficient (Wildman–Crippen LogP) is 3.06. The van der Waals surface area contributed by atoms with Crippen LogP contribution in [-0.2, 0) is 20.7 Å². The van der Waals surface area contributed by atoms with E-state index >= 15 is 0 Å². The molecule has 4 nitrogen and oxygen atoms in total. The minimum Gasteiger partial charge on any atom is -0.464 e. The summed E-state index contributed by atoms with van der Waals surface area (Å²) in [5.74, 6) is 0.239. The van der Waals surface area contributed by atoms with Gasteiger partial charge in [-0.3, -0.25) is 9.59 Å². The molecule has 22 heavy (non-hydrogen) atoms. The number of aryl methyl sites for hydroxylation is 1. The van der Waals surface area contributed by atoms with Crippen LogP contribution in [0, 0.1) is 5.92 Å². The van der Waals surface area contributed by atoms with E-state index in [1.807, 2.05) is 30.3 Å². The number of nitrogens with zero attached hydrogens (tertiary/aromatic N) is 1. The number of carbonyl (C=O) groups excluding carboxylic acids is 2. The number of hydrogen-bond acceptors (Lipinski definition) is 3. The molecule has 0 fully saturated rings. The lowest BCUT2D eigenvalue weighted by molar-refractivity contribution is -0.148. The van der Waals surface area contributed by atoms with E-state index in [2.05, 4.69) is 13.8 Å². The van der Waals surface area contributed by atoms with Crippen LogP contribution in [0.15, 0.2) is 30.3 Å². The van der Waals surface area contributed by atoms with E-state index in [1.165, 1.54) is 4.90 Å². The highest BCUT2D eigenvalue weighted by molar-refractivity contribution is 5.81. The average Bonchev–Trinajstić information content (AvgIpc) is 2.50. The largest absolute Gasteiger partial charge is 0.464 e. The van der Waals surface area contributed by atoms with E-state index in [0.29, 0.717) is 25.4 Å². The molecule has 1 amide bonds. The molecule has 0 aliphatic heterocycles. The van der Waals surface area contributed by atoms with Crippen molar-refractivity contribution in [3.63, 3.8) is 0 Å². The van der Waals surface area contributed by atoms with Crippen molar-refractivity contribution in [1.82, 2.24) is 4.90 Å². The second-order valence-electron chi connectivity index (χ2n) is 5.99. The Hall–Kier alpha value is -1.84. The maximum absolute atomic E-state index is 12.0. The Morgan fingerprint density at radius 1 is 1.18 bits per heavy atom. The van der Waals surface area contributed by atoms with Crippen molar-refractivity contribution in [3.05, 3.63) is 35.9 Å². The fraction of sp³-hybridized carbons (Fsp3) is 0.556. The highest BCUT2D eigenvalue weighted by Crippen LogP contribution is 2.05. The molecule has 0 saturated heterocycles. The number of hydrogen-bond donors (Lipinski definition) is 0. The van der Waals surface area contributed by atoms with Crippen LogP contribution < -0.4 is 0 Å². The van der Waals surface area contributed by atoms with Crippen molar-refractivity contribution < 1.29 is 14.3 Å². The lowest BCUT2D eigenvalue weighted by Crippen LogP contribution is -2.33. The Kier molecular flexibility index (Phi) is 8.26. The zero-order valence-corrected chi connectivity index (χ0v) is 13.9. The van der Waals surface area contributed by atoms with Crippen molar-refractivity contribution in [3.8, 4) is 0 Å². The maximum atomic E-state index is 12.0. The van der Waals surface area contributed by atoms with Crippen molar-refractivity contribution in [2.45, 2.75) is 39.5 Å². The maximum Gasteiger partial charge on any atom is 0.325 e. The Labute approximate surface area is 133 Å². The summed E-state index contributed by atoms with van der Waals surface area (Å²) in [6.07, 6.45) is 3.00. The molecule has 1 aromatic carbocycles. The first-order valence-corrected chi connectivity index (χ1v) is 7.92. The van der Waals surface area contributed by atoms with Gasteiger partial charge in [0.05, 0.1) is 6.61 Å². The summed E-state index contributed by atoms with van der Waals surface area (Å²) < 4.78 is 5.14. The second-order valence-corrected chi connectivity index (χ2v) is 5.99. The van der Waals surface area contributed by atoms with Crippen LogP contribution in [0.5, 0.6) is 0 Å². The topological polar surface area (TPSA) is 46.6 Å². The molecule has 0 N–H and O–H groups in total. The van der Waals surface area contributed by atoms with Gasteiger partial charge < -0.3 is 9.64 Å². The van der Waals surface area contributed by atoms with Gasteiger partial charge in [-0.2, -0.15) is 0 Å². The van der Waals surface area contributed by atoms with E-state index in [4.69, 9.17) is 4.74 Å². The van der Waals surface area contributed by atoms with Crippen LogP contribution >= 0.6 is 0 Å². The number of amides is 1. The van der Waals surface area contributed by atoms with Crippen LogP contribution in [0.4, 0.5) is 0 Å². The molecule has 0 spiro atoms. The Bertz CT molecular complexity index is 457. The minimum atomic E-state index is -0.334. The number of ether oxygens (including phenoxy) is 1. The molecule has 4 heteroatoms. The van der Waals surface area contributed by atoms with Gasteiger partial charge >= 0.3 is 5.97 Å². The van der Waals surface area contributed by atoms with Crippen LogP contribution in [0.3, 0.4) is 0 Å². The van der Waals surface area contributed by atoms with Crippen LogP contribution in [0.2, 0.25) is 0 Å². The number of carbonyl (C=O) groups is 2. The fourth-order valence-corrected chi connectivity index (χ4v) is 2.09. The molecule has 1 aromatic rings. The quantitative estimate of drug-likeness (QED) is 0.520. The van der Waals surface area contributed by atoms with Crippen LogP contribution in [-0.4, -0.2) is 37.0 Å². The van der Waals surface area contributed by atoms with Gasteiger partial charge in [0.1, 0.15) is 6.54 Å². The number of benzene rings is 1. The number of rotatable bonds is 9. The summed E-state index contributed by atoms with van der Waals surface area (Å²) in [5, 5.41) is 0. The van der Waals surface area contributed by atoms with Gasteiger partial charge in [0.15, 0.2) is 0 Å². The van der Waals surface area contributed by atoms with E-state index in [-0.39, 0.29) is 18.4 Å². The minimum absolute atomic E-state index is 0.0231. The van der Waals surface area contributed by atoms with E-state index in [9.17, 15) is 9.59 Å². The molecule has 0 atom stereocenters. The van der Waals surface area contributed by atoms with Crippen LogP contribution in [0.25, 0.3) is 0 Å². The van der Waals surface area contributed by atoms with Gasteiger partial charge in [0.25, 0.3) is 0 Å². The fourth-order valence-electron chi connectivity index (χ4n) is 2.09. The molecule has 122 valence electrons. The Morgan fingerprint density at radius 2 is 1.86 bits per heavy atom. The molecule has 0 bridgehead atoms. The van der Waals surface area contributed by atoms with Crippen molar-refractivity contribution >= 4 is 11.9 Å². The molecule has 0 radical (unpaired) electrons. The number of likely N-dealkylation sites (N-methyl/N-ethyl adjacent to an activating group) is 1. The molecule has 0 saturated carbocycles. The average molecular weight is 305 g/mol. The van der Waals surface area contributed by atoms with Gasteiger partial charge in [0, 0.05) is 13.5 Å². The summed E-state index contributed by atoms with van der Waals surface area (Å²) in [6, 6.07) is 9.86. The first kappa shape index (κ1) is 18.2. The summed E-state index contributed by atoms with van der Waals surface area (Å²) >= 11 is 0. The highest BCUT2D eigenvalue weighted by atomic mass is 16.5. The molecule has 0 heterocycles. The molecular formula is C18H27NO3. The lowest BCUT2D eigenvalue weighted by atomic mass is 10.1. The normalized spacial score (nSPS) is 10.5. The van der Waals surface area contributed by atoms with Crippen molar-refractivity contribution in [2.24, 2.45) is 5.92 Å². The molecule has 0 unspecified atom stereocenters. The second kappa shape index (κ2) is 9.98. The standard InChI is InChI=1S/C18H27NO3/c1-15(2)8-7-13-22-18(21)14-19(3)17(20)12-11-16-9-5-4-6-10-16/h4-6,9-10,15H,7-8,11-14H2,1-3H3. The Balaban J connectivity index is 2.21. The Morgan fingerprint density at radius 3 is 2.50 bits per heavy atom. The summed E-state index contributed by atoms with van der Waals surface area (Å²) in [5.41, 5.74) is 1.13. The smallest absolute Gasteiger partial charge is 0.325 e. The monoisotopic (exact) mass is 305 g/mol. The van der Waals surface area contributed by atoms with Crippen LogP contribution in [0.1, 0.15) is 38.7 Å². The number of esters is 1. The first-order chi connectivity index (χ1) is 10.5. The van der Waals surface area contributed by atoms with E-state index in [0.717, 1.165) is 18.4 Å². The summed E-state index contributed by atoms with van der Waals surface area (Å²) in [6.45, 7) is 4.74. The summed E-state index contributed by atoms with van der Waals surface area (Å²) in [7, 11) is 1.64. The highest BCUT2D eigenvalue weighted by Gasteiger charge is 2.13. The van der Waals surface area contributed by atoms with Crippen molar-refractivity contribution in [1.29, 1.82) is 0 Å². The van der Waals surface area contributed by atoms with Gasteiger partial charge in [0.2, 0.25) is 5.91 Å². The molecule has 1 rings (SSSR count). The third-order valence-electron chi connectivity index (χ3n) is 3.45.